The van der Waals surface area contributed by atoms with E-state index in [-0.39, 0.29) is 11.3 Å². The summed E-state index contributed by atoms with van der Waals surface area (Å²) in [5.41, 5.74) is 2.78. The fourth-order valence-electron chi connectivity index (χ4n) is 3.52. The van der Waals surface area contributed by atoms with E-state index < -0.39 is 6.35 Å². The molecule has 2 atom stereocenters. The first-order chi connectivity index (χ1) is 13.3. The number of ether oxygens (including phenoxy) is 1. The van der Waals surface area contributed by atoms with E-state index in [2.05, 4.69) is 0 Å². The highest BCUT2D eigenvalue weighted by Crippen LogP contribution is 2.37. The van der Waals surface area contributed by atoms with Gasteiger partial charge in [-0.3, -0.25) is 0 Å². The number of para-hydroxylation sites is 2. The Morgan fingerprint density at radius 1 is 0.889 bits per heavy atom. The van der Waals surface area contributed by atoms with Crippen LogP contribution in [0.1, 0.15) is 5.56 Å². The van der Waals surface area contributed by atoms with Crippen molar-refractivity contribution >= 4 is 17.2 Å². The summed E-state index contributed by atoms with van der Waals surface area (Å²) < 4.78 is 5.84. The minimum atomic E-state index is -0.532. The summed E-state index contributed by atoms with van der Waals surface area (Å²) in [5, 5.41) is 15.5. The molecule has 0 spiro atoms. The summed E-state index contributed by atoms with van der Waals surface area (Å²) in [7, 11) is 1.65. The van der Waals surface area contributed by atoms with Gasteiger partial charge < -0.3 is 9.84 Å². The Hall–Kier alpha value is -2.99. The van der Waals surface area contributed by atoms with Gasteiger partial charge in [0, 0.05) is 24.8 Å². The van der Waals surface area contributed by atoms with Crippen LogP contribution in [-0.4, -0.2) is 31.1 Å². The van der Waals surface area contributed by atoms with Crippen LogP contribution in [0.3, 0.4) is 0 Å². The molecular weight excluding hydrogens is 338 g/mol. The standard InChI is InChI=1S/C22H22N3O2/c1-27-22-24(19-13-7-3-8-14-19)21(18-11-5-2-6-12-18)23-25(22,17-26)20-15-9-4-10-16-20/h2-16,22,26H,17H2,1H3/q+1. The van der Waals surface area contributed by atoms with Crippen molar-refractivity contribution in [3.8, 4) is 0 Å². The molecule has 0 aliphatic carbocycles. The second kappa shape index (κ2) is 7.32. The monoisotopic (exact) mass is 360 g/mol. The smallest absolute Gasteiger partial charge is 0.314 e. The number of methoxy groups -OCH3 is 1. The summed E-state index contributed by atoms with van der Waals surface area (Å²) in [6.07, 6.45) is -0.532. The molecule has 0 saturated heterocycles. The summed E-state index contributed by atoms with van der Waals surface area (Å²) in [5.74, 6) is 0.756. The Bertz CT molecular complexity index is 916. The lowest BCUT2D eigenvalue weighted by Gasteiger charge is -2.34. The molecule has 0 bridgehead atoms. The van der Waals surface area contributed by atoms with Gasteiger partial charge >= 0.3 is 6.35 Å². The van der Waals surface area contributed by atoms with Crippen molar-refractivity contribution in [2.24, 2.45) is 5.10 Å². The number of anilines is 1. The zero-order chi connectivity index (χ0) is 18.7. The molecule has 0 radical (unpaired) electrons. The molecule has 1 N–H and O–H groups in total. The van der Waals surface area contributed by atoms with E-state index >= 15 is 0 Å². The lowest BCUT2D eigenvalue weighted by atomic mass is 10.2. The van der Waals surface area contributed by atoms with E-state index in [1.807, 2.05) is 95.9 Å². The van der Waals surface area contributed by atoms with Crippen LogP contribution in [0.4, 0.5) is 11.4 Å². The average Bonchev–Trinajstić information content (AvgIpc) is 3.11. The van der Waals surface area contributed by atoms with E-state index in [9.17, 15) is 5.11 Å². The lowest BCUT2D eigenvalue weighted by molar-refractivity contribution is -0.0476. The number of hydrogen-bond acceptors (Lipinski definition) is 4. The van der Waals surface area contributed by atoms with Gasteiger partial charge in [-0.2, -0.15) is 0 Å². The number of nitrogens with zero attached hydrogens (tertiary/aromatic N) is 3. The first-order valence-corrected chi connectivity index (χ1v) is 8.87. The maximum Gasteiger partial charge on any atom is 0.314 e. The van der Waals surface area contributed by atoms with Crippen molar-refractivity contribution in [3.05, 3.63) is 96.6 Å². The zero-order valence-electron chi connectivity index (χ0n) is 15.1. The number of aliphatic hydroxyl groups is 1. The largest absolute Gasteiger partial charge is 0.345 e. The maximum absolute atomic E-state index is 10.5. The summed E-state index contributed by atoms with van der Waals surface area (Å²) in [4.78, 5) is 2.04. The number of amidine groups is 1. The minimum absolute atomic E-state index is 0.0730. The maximum atomic E-state index is 10.5. The normalized spacial score (nSPS) is 21.9. The van der Waals surface area contributed by atoms with Gasteiger partial charge in [0.1, 0.15) is 0 Å². The zero-order valence-corrected chi connectivity index (χ0v) is 15.1. The SMILES string of the molecule is COC1N(c2ccccc2)C(c2ccccc2)=N[N+]1(CO)c1ccccc1. The van der Waals surface area contributed by atoms with Crippen molar-refractivity contribution < 1.29 is 9.84 Å². The molecular formula is C22H22N3O2+. The summed E-state index contributed by atoms with van der Waals surface area (Å²) in [6, 6.07) is 29.7. The van der Waals surface area contributed by atoms with Crippen LogP contribution in [0.25, 0.3) is 0 Å². The van der Waals surface area contributed by atoms with E-state index in [0.717, 1.165) is 22.8 Å². The molecule has 1 aliphatic rings. The van der Waals surface area contributed by atoms with Crippen LogP contribution in [-0.2, 0) is 4.74 Å². The van der Waals surface area contributed by atoms with Crippen LogP contribution >= 0.6 is 0 Å². The third-order valence-electron chi connectivity index (χ3n) is 4.78. The molecule has 0 fully saturated rings. The fraction of sp³-hybridized carbons (Fsp3) is 0.136. The van der Waals surface area contributed by atoms with Crippen LogP contribution in [0.5, 0.6) is 0 Å². The van der Waals surface area contributed by atoms with Crippen molar-refractivity contribution in [2.75, 3.05) is 18.7 Å². The molecule has 136 valence electrons. The minimum Gasteiger partial charge on any atom is -0.345 e. The van der Waals surface area contributed by atoms with Gasteiger partial charge in [-0.25, -0.2) is 4.90 Å². The molecule has 4 rings (SSSR count). The van der Waals surface area contributed by atoms with Crippen LogP contribution < -0.4 is 9.49 Å². The van der Waals surface area contributed by atoms with E-state index in [1.54, 1.807) is 7.11 Å². The van der Waals surface area contributed by atoms with Gasteiger partial charge in [0.15, 0.2) is 5.69 Å². The first-order valence-electron chi connectivity index (χ1n) is 8.87. The van der Waals surface area contributed by atoms with E-state index in [1.165, 1.54) is 0 Å². The number of aliphatic hydroxyl groups excluding tert-OH is 1. The van der Waals surface area contributed by atoms with Crippen molar-refractivity contribution in [2.45, 2.75) is 6.35 Å². The van der Waals surface area contributed by atoms with Crippen molar-refractivity contribution in [1.82, 2.24) is 4.59 Å². The second-order valence-electron chi connectivity index (χ2n) is 6.36. The third kappa shape index (κ3) is 2.92. The van der Waals surface area contributed by atoms with E-state index in [4.69, 9.17) is 9.84 Å². The number of quaternary nitrogens is 1. The first kappa shape index (κ1) is 17.4. The van der Waals surface area contributed by atoms with Gasteiger partial charge in [0.2, 0.25) is 12.6 Å². The highest BCUT2D eigenvalue weighted by molar-refractivity contribution is 6.11. The van der Waals surface area contributed by atoms with Crippen molar-refractivity contribution in [3.63, 3.8) is 0 Å². The predicted octanol–water partition coefficient (Wildman–Crippen LogP) is 3.76. The molecule has 1 aliphatic heterocycles. The van der Waals surface area contributed by atoms with Gasteiger partial charge in [0.25, 0.3) is 0 Å². The molecule has 27 heavy (non-hydrogen) atoms. The number of hydrogen-bond donors (Lipinski definition) is 1. The Morgan fingerprint density at radius 2 is 1.44 bits per heavy atom. The molecule has 0 amide bonds. The van der Waals surface area contributed by atoms with Crippen LogP contribution in [0, 0.1) is 0 Å². The summed E-state index contributed by atoms with van der Waals surface area (Å²) in [6.45, 7) is -0.220. The molecule has 3 aromatic carbocycles. The van der Waals surface area contributed by atoms with Gasteiger partial charge in [-0.1, -0.05) is 76.4 Å². The topological polar surface area (TPSA) is 45.1 Å². The third-order valence-corrected chi connectivity index (χ3v) is 4.78. The second-order valence-corrected chi connectivity index (χ2v) is 6.36. The number of benzene rings is 3. The Balaban J connectivity index is 1.94. The van der Waals surface area contributed by atoms with Gasteiger partial charge in [-0.15, -0.1) is 0 Å². The highest BCUT2D eigenvalue weighted by Gasteiger charge is 2.52. The quantitative estimate of drug-likeness (QED) is 0.705. The molecule has 0 aromatic heterocycles. The van der Waals surface area contributed by atoms with Crippen LogP contribution in [0.2, 0.25) is 0 Å². The van der Waals surface area contributed by atoms with Gasteiger partial charge in [-0.05, 0) is 12.1 Å². The Labute approximate surface area is 159 Å². The Kier molecular flexibility index (Phi) is 4.73. The lowest BCUT2D eigenvalue weighted by Crippen LogP contribution is -2.57. The number of rotatable bonds is 5. The predicted molar refractivity (Wildman–Crippen MR) is 108 cm³/mol. The highest BCUT2D eigenvalue weighted by atomic mass is 16.5. The van der Waals surface area contributed by atoms with E-state index in [0.29, 0.717) is 0 Å². The van der Waals surface area contributed by atoms with Gasteiger partial charge in [0.05, 0.1) is 5.69 Å². The molecule has 3 aromatic rings. The van der Waals surface area contributed by atoms with Crippen molar-refractivity contribution in [1.29, 1.82) is 0 Å². The van der Waals surface area contributed by atoms with Crippen LogP contribution in [0.15, 0.2) is 96.1 Å². The molecule has 5 heteroatoms. The summed E-state index contributed by atoms with van der Waals surface area (Å²) >= 11 is 0. The fourth-order valence-corrected chi connectivity index (χ4v) is 3.52. The molecule has 0 saturated carbocycles. The average molecular weight is 360 g/mol. The Morgan fingerprint density at radius 3 is 2.00 bits per heavy atom. The molecule has 1 heterocycles. The molecule has 2 unspecified atom stereocenters. The molecule has 5 nitrogen and oxygen atoms in total.